The summed E-state index contributed by atoms with van der Waals surface area (Å²) in [6.45, 7) is 0.266. The van der Waals surface area contributed by atoms with Crippen LogP contribution in [0.3, 0.4) is 0 Å². The Morgan fingerprint density at radius 3 is 2.25 bits per heavy atom. The van der Waals surface area contributed by atoms with E-state index in [9.17, 15) is 5.11 Å². The van der Waals surface area contributed by atoms with Crippen molar-refractivity contribution in [2.75, 3.05) is 6.54 Å². The van der Waals surface area contributed by atoms with Crippen LogP contribution in [-0.2, 0) is 0 Å². The molecular weight excluding hydrogens is 241 g/mol. The second-order valence-electron chi connectivity index (χ2n) is 2.30. The lowest BCUT2D eigenvalue weighted by molar-refractivity contribution is 0.187. The normalized spacial score (nSPS) is 11.9. The maximum Gasteiger partial charge on any atom is 0.0912 e. The van der Waals surface area contributed by atoms with E-state index in [1.165, 1.54) is 0 Å². The zero-order valence-electron chi connectivity index (χ0n) is 6.40. The van der Waals surface area contributed by atoms with E-state index in [1.54, 1.807) is 0 Å². The van der Waals surface area contributed by atoms with E-state index in [1.807, 2.05) is 24.3 Å². The molecule has 3 N–H and O–H groups in total. The predicted octanol–water partition coefficient (Wildman–Crippen LogP) is 1.86. The van der Waals surface area contributed by atoms with Crippen molar-refractivity contribution in [3.8, 4) is 0 Å². The molecule has 0 aliphatic carbocycles. The Morgan fingerprint density at radius 2 is 1.83 bits per heavy atom. The van der Waals surface area contributed by atoms with Crippen LogP contribution in [0, 0.1) is 0 Å². The van der Waals surface area contributed by atoms with Crippen molar-refractivity contribution in [3.05, 3.63) is 34.3 Å². The highest BCUT2D eigenvalue weighted by Crippen LogP contribution is 2.15. The highest BCUT2D eigenvalue weighted by atomic mass is 79.9. The molecule has 12 heavy (non-hydrogen) atoms. The van der Waals surface area contributed by atoms with Gasteiger partial charge in [0.15, 0.2) is 0 Å². The molecule has 1 aromatic rings. The van der Waals surface area contributed by atoms with Gasteiger partial charge >= 0.3 is 0 Å². The first-order chi connectivity index (χ1) is 5.24. The molecule has 0 aliphatic heterocycles. The molecular formula is C8H11BrClNO. The van der Waals surface area contributed by atoms with Crippen molar-refractivity contribution < 1.29 is 5.11 Å². The third kappa shape index (κ3) is 3.11. The van der Waals surface area contributed by atoms with Crippen molar-refractivity contribution in [2.24, 2.45) is 5.73 Å². The molecule has 0 saturated carbocycles. The molecule has 0 spiro atoms. The summed E-state index contributed by atoms with van der Waals surface area (Å²) in [5.41, 5.74) is 6.14. The van der Waals surface area contributed by atoms with Gasteiger partial charge < -0.3 is 10.8 Å². The third-order valence-corrected chi connectivity index (χ3v) is 2.01. The van der Waals surface area contributed by atoms with E-state index in [4.69, 9.17) is 5.73 Å². The van der Waals surface area contributed by atoms with Crippen LogP contribution in [0.5, 0.6) is 0 Å². The second kappa shape index (κ2) is 5.54. The van der Waals surface area contributed by atoms with Crippen molar-refractivity contribution in [3.63, 3.8) is 0 Å². The molecule has 0 aliphatic rings. The SMILES string of the molecule is Cl.NC[C@H](O)c1ccc(Br)cc1. The summed E-state index contributed by atoms with van der Waals surface area (Å²) in [5.74, 6) is 0. The summed E-state index contributed by atoms with van der Waals surface area (Å²) in [6, 6.07) is 7.46. The smallest absolute Gasteiger partial charge is 0.0912 e. The van der Waals surface area contributed by atoms with Crippen LogP contribution < -0.4 is 5.73 Å². The Kier molecular flexibility index (Phi) is 5.50. The van der Waals surface area contributed by atoms with Crippen LogP contribution in [0.4, 0.5) is 0 Å². The molecule has 0 saturated heterocycles. The predicted molar refractivity (Wildman–Crippen MR) is 55.4 cm³/mol. The molecule has 4 heteroatoms. The number of aliphatic hydroxyl groups is 1. The molecule has 0 radical (unpaired) electrons. The number of hydrogen-bond acceptors (Lipinski definition) is 2. The van der Waals surface area contributed by atoms with Crippen LogP contribution >= 0.6 is 28.3 Å². The van der Waals surface area contributed by atoms with Crippen LogP contribution in [0.15, 0.2) is 28.7 Å². The number of halogens is 2. The number of hydrogen-bond donors (Lipinski definition) is 2. The first-order valence-electron chi connectivity index (χ1n) is 3.37. The van der Waals surface area contributed by atoms with E-state index in [0.717, 1.165) is 10.0 Å². The number of nitrogens with two attached hydrogens (primary N) is 1. The molecule has 1 rings (SSSR count). The van der Waals surface area contributed by atoms with Crippen LogP contribution in [0.1, 0.15) is 11.7 Å². The summed E-state index contributed by atoms with van der Waals surface area (Å²) in [7, 11) is 0. The van der Waals surface area contributed by atoms with Crippen LogP contribution in [-0.4, -0.2) is 11.7 Å². The maximum atomic E-state index is 9.28. The molecule has 68 valence electrons. The average molecular weight is 253 g/mol. The Morgan fingerprint density at radius 1 is 1.33 bits per heavy atom. The lowest BCUT2D eigenvalue weighted by atomic mass is 10.1. The molecule has 2 nitrogen and oxygen atoms in total. The molecule has 0 heterocycles. The quantitative estimate of drug-likeness (QED) is 0.844. The topological polar surface area (TPSA) is 46.2 Å². The van der Waals surface area contributed by atoms with E-state index in [-0.39, 0.29) is 19.0 Å². The van der Waals surface area contributed by atoms with E-state index in [0.29, 0.717) is 0 Å². The fourth-order valence-corrected chi connectivity index (χ4v) is 1.09. The van der Waals surface area contributed by atoms with Crippen molar-refractivity contribution in [2.45, 2.75) is 6.10 Å². The standard InChI is InChI=1S/C8H10BrNO.ClH/c9-7-3-1-6(2-4-7)8(11)5-10;/h1-4,8,11H,5,10H2;1H/t8-;/m0./s1. The summed E-state index contributed by atoms with van der Waals surface area (Å²) >= 11 is 3.30. The summed E-state index contributed by atoms with van der Waals surface area (Å²) in [5, 5.41) is 9.28. The fourth-order valence-electron chi connectivity index (χ4n) is 0.821. The number of aliphatic hydroxyl groups excluding tert-OH is 1. The average Bonchev–Trinajstić information content (AvgIpc) is 2.05. The minimum Gasteiger partial charge on any atom is -0.387 e. The van der Waals surface area contributed by atoms with Crippen molar-refractivity contribution >= 4 is 28.3 Å². The molecule has 0 bridgehead atoms. The zero-order valence-corrected chi connectivity index (χ0v) is 8.81. The maximum absolute atomic E-state index is 9.28. The lowest BCUT2D eigenvalue weighted by Crippen LogP contribution is -2.11. The first-order valence-corrected chi connectivity index (χ1v) is 4.17. The molecule has 1 atom stereocenters. The third-order valence-electron chi connectivity index (χ3n) is 1.48. The summed E-state index contributed by atoms with van der Waals surface area (Å²) < 4.78 is 1.01. The Bertz CT molecular complexity index is 227. The number of rotatable bonds is 2. The Hall–Kier alpha value is -0.0900. The second-order valence-corrected chi connectivity index (χ2v) is 3.22. The molecule has 0 aromatic heterocycles. The van der Waals surface area contributed by atoms with Gasteiger partial charge in [0.1, 0.15) is 0 Å². The van der Waals surface area contributed by atoms with Crippen LogP contribution in [0.2, 0.25) is 0 Å². The van der Waals surface area contributed by atoms with Gasteiger partial charge in [0.2, 0.25) is 0 Å². The van der Waals surface area contributed by atoms with Gasteiger partial charge in [-0.3, -0.25) is 0 Å². The fraction of sp³-hybridized carbons (Fsp3) is 0.250. The van der Waals surface area contributed by atoms with E-state index in [2.05, 4.69) is 15.9 Å². The van der Waals surface area contributed by atoms with E-state index >= 15 is 0 Å². The largest absolute Gasteiger partial charge is 0.387 e. The highest BCUT2D eigenvalue weighted by Gasteiger charge is 2.02. The first kappa shape index (κ1) is 11.9. The molecule has 0 fully saturated rings. The minimum absolute atomic E-state index is 0. The summed E-state index contributed by atoms with van der Waals surface area (Å²) in [4.78, 5) is 0. The van der Waals surface area contributed by atoms with Crippen molar-refractivity contribution in [1.82, 2.24) is 0 Å². The minimum atomic E-state index is -0.539. The van der Waals surface area contributed by atoms with Gasteiger partial charge in [-0.2, -0.15) is 0 Å². The number of benzene rings is 1. The van der Waals surface area contributed by atoms with Gasteiger partial charge in [-0.1, -0.05) is 28.1 Å². The van der Waals surface area contributed by atoms with Gasteiger partial charge in [-0.05, 0) is 17.7 Å². The lowest BCUT2D eigenvalue weighted by Gasteiger charge is -2.06. The van der Waals surface area contributed by atoms with Gasteiger partial charge in [0.25, 0.3) is 0 Å². The van der Waals surface area contributed by atoms with Gasteiger partial charge in [0.05, 0.1) is 6.10 Å². The monoisotopic (exact) mass is 251 g/mol. The van der Waals surface area contributed by atoms with Gasteiger partial charge in [0, 0.05) is 11.0 Å². The molecule has 0 unspecified atom stereocenters. The van der Waals surface area contributed by atoms with Crippen LogP contribution in [0.25, 0.3) is 0 Å². The van der Waals surface area contributed by atoms with E-state index < -0.39 is 6.10 Å². The van der Waals surface area contributed by atoms with Crippen molar-refractivity contribution in [1.29, 1.82) is 0 Å². The van der Waals surface area contributed by atoms with Gasteiger partial charge in [-0.15, -0.1) is 12.4 Å². The zero-order chi connectivity index (χ0) is 8.27. The highest BCUT2D eigenvalue weighted by molar-refractivity contribution is 9.10. The Labute approximate surface area is 86.3 Å². The summed E-state index contributed by atoms with van der Waals surface area (Å²) in [6.07, 6.45) is -0.539. The molecule has 0 amide bonds. The Balaban J connectivity index is 0.00000121. The van der Waals surface area contributed by atoms with Gasteiger partial charge in [-0.25, -0.2) is 0 Å². The molecule has 1 aromatic carbocycles.